The van der Waals surface area contributed by atoms with Crippen LogP contribution < -0.4 is 5.73 Å². The van der Waals surface area contributed by atoms with Crippen molar-refractivity contribution in [3.8, 4) is 0 Å². The van der Waals surface area contributed by atoms with Gasteiger partial charge in [0.1, 0.15) is 0 Å². The quantitative estimate of drug-likeness (QED) is 0.580. The van der Waals surface area contributed by atoms with Gasteiger partial charge in [-0.2, -0.15) is 5.10 Å². The van der Waals surface area contributed by atoms with Crippen molar-refractivity contribution < 1.29 is 0 Å². The first-order chi connectivity index (χ1) is 7.27. The first kappa shape index (κ1) is 8.23. The van der Waals surface area contributed by atoms with E-state index in [2.05, 4.69) is 15.2 Å². The van der Waals surface area contributed by atoms with Gasteiger partial charge in [-0.1, -0.05) is 18.2 Å². The van der Waals surface area contributed by atoms with Crippen LogP contribution in [0.5, 0.6) is 0 Å². The summed E-state index contributed by atoms with van der Waals surface area (Å²) in [7, 11) is 0. The Kier molecular flexibility index (Phi) is 1.48. The lowest BCUT2D eigenvalue weighted by molar-refractivity contribution is 1.06. The molecule has 0 bridgehead atoms. The fourth-order valence-electron chi connectivity index (χ4n) is 1.87. The number of anilines is 1. The van der Waals surface area contributed by atoms with Gasteiger partial charge in [0, 0.05) is 11.1 Å². The molecular weight excluding hydrogens is 188 g/mol. The summed E-state index contributed by atoms with van der Waals surface area (Å²) < 4.78 is 0. The van der Waals surface area contributed by atoms with E-state index in [1.807, 2.05) is 31.2 Å². The molecule has 1 aromatic carbocycles. The van der Waals surface area contributed by atoms with Gasteiger partial charge in [-0.3, -0.25) is 5.10 Å². The van der Waals surface area contributed by atoms with Gasteiger partial charge in [-0.25, -0.2) is 4.98 Å². The smallest absolute Gasteiger partial charge is 0.183 e. The third-order valence-corrected chi connectivity index (χ3v) is 2.62. The molecule has 0 aliphatic carbocycles. The van der Waals surface area contributed by atoms with Crippen LogP contribution in [0.3, 0.4) is 0 Å². The van der Waals surface area contributed by atoms with Crippen molar-refractivity contribution in [2.24, 2.45) is 0 Å². The van der Waals surface area contributed by atoms with E-state index in [0.717, 1.165) is 27.7 Å². The molecule has 0 aliphatic rings. The summed E-state index contributed by atoms with van der Waals surface area (Å²) in [4.78, 5) is 4.44. The molecule has 2 aromatic heterocycles. The van der Waals surface area contributed by atoms with Crippen molar-refractivity contribution in [3.05, 3.63) is 30.0 Å². The van der Waals surface area contributed by atoms with E-state index >= 15 is 0 Å². The average Bonchev–Trinajstić information content (AvgIpc) is 2.61. The molecular formula is C11H10N4. The summed E-state index contributed by atoms with van der Waals surface area (Å²) >= 11 is 0. The number of benzene rings is 1. The predicted octanol–water partition coefficient (Wildman–Crippen LogP) is 2.00. The van der Waals surface area contributed by atoms with Gasteiger partial charge in [0.2, 0.25) is 0 Å². The Morgan fingerprint density at radius 2 is 2.07 bits per heavy atom. The molecule has 4 heteroatoms. The highest BCUT2D eigenvalue weighted by atomic mass is 15.1. The summed E-state index contributed by atoms with van der Waals surface area (Å²) in [6.45, 7) is 1.95. The Labute approximate surface area is 86.1 Å². The number of aryl methyl sites for hydroxylation is 1. The van der Waals surface area contributed by atoms with Crippen molar-refractivity contribution >= 4 is 27.6 Å². The molecule has 0 spiro atoms. The maximum Gasteiger partial charge on any atom is 0.183 e. The first-order valence-electron chi connectivity index (χ1n) is 4.76. The van der Waals surface area contributed by atoms with E-state index in [1.165, 1.54) is 0 Å². The van der Waals surface area contributed by atoms with E-state index in [1.54, 1.807) is 0 Å². The zero-order valence-electron chi connectivity index (χ0n) is 8.28. The Morgan fingerprint density at radius 1 is 1.27 bits per heavy atom. The number of fused-ring (bicyclic) bond motifs is 2. The van der Waals surface area contributed by atoms with Crippen LogP contribution in [-0.4, -0.2) is 15.2 Å². The van der Waals surface area contributed by atoms with Crippen LogP contribution in [-0.2, 0) is 0 Å². The second kappa shape index (κ2) is 2.70. The summed E-state index contributed by atoms with van der Waals surface area (Å²) in [6.07, 6.45) is 0. The third-order valence-electron chi connectivity index (χ3n) is 2.62. The number of nitrogens with one attached hydrogen (secondary N) is 1. The van der Waals surface area contributed by atoms with Gasteiger partial charge in [0.05, 0.1) is 16.6 Å². The molecule has 15 heavy (non-hydrogen) atoms. The molecule has 4 nitrogen and oxygen atoms in total. The van der Waals surface area contributed by atoms with E-state index < -0.39 is 0 Å². The molecule has 3 N–H and O–H groups in total. The van der Waals surface area contributed by atoms with Crippen LogP contribution in [0.25, 0.3) is 21.9 Å². The Morgan fingerprint density at radius 3 is 2.93 bits per heavy atom. The lowest BCUT2D eigenvalue weighted by Gasteiger charge is -2.02. The zero-order valence-corrected chi connectivity index (χ0v) is 8.28. The minimum Gasteiger partial charge on any atom is -0.398 e. The lowest BCUT2D eigenvalue weighted by atomic mass is 10.1. The normalized spacial score (nSPS) is 11.3. The number of para-hydroxylation sites is 1. The summed E-state index contributed by atoms with van der Waals surface area (Å²) in [5.41, 5.74) is 9.38. The molecule has 3 aromatic rings. The number of nitrogens with zero attached hydrogens (tertiary/aromatic N) is 2. The van der Waals surface area contributed by atoms with Crippen LogP contribution in [0.15, 0.2) is 24.3 Å². The fourth-order valence-corrected chi connectivity index (χ4v) is 1.87. The topological polar surface area (TPSA) is 67.6 Å². The van der Waals surface area contributed by atoms with Crippen molar-refractivity contribution in [3.63, 3.8) is 0 Å². The van der Waals surface area contributed by atoms with E-state index in [9.17, 15) is 0 Å². The number of hydrogen-bond donors (Lipinski definition) is 2. The molecule has 0 saturated heterocycles. The standard InChI is InChI=1S/C11H10N4/c1-6-9-10(12)7-4-2-3-5-8(7)13-11(9)15-14-6/h2-5H,1H3,(H3,12,13,14,15). The monoisotopic (exact) mass is 198 g/mol. The summed E-state index contributed by atoms with van der Waals surface area (Å²) in [5.74, 6) is 0. The Bertz CT molecular complexity index is 654. The fraction of sp³-hybridized carbons (Fsp3) is 0.0909. The van der Waals surface area contributed by atoms with E-state index in [-0.39, 0.29) is 0 Å². The van der Waals surface area contributed by atoms with Gasteiger partial charge in [-0.05, 0) is 13.0 Å². The molecule has 0 unspecified atom stereocenters. The SMILES string of the molecule is Cc1[nH]nc2nc3ccccc3c(N)c12. The Balaban J connectivity index is 2.62. The number of nitrogens with two attached hydrogens (primary N) is 1. The summed E-state index contributed by atoms with van der Waals surface area (Å²) in [6, 6.07) is 7.82. The van der Waals surface area contributed by atoms with Gasteiger partial charge >= 0.3 is 0 Å². The molecule has 74 valence electrons. The van der Waals surface area contributed by atoms with Crippen molar-refractivity contribution in [2.75, 3.05) is 5.73 Å². The van der Waals surface area contributed by atoms with Crippen molar-refractivity contribution in [2.45, 2.75) is 6.92 Å². The van der Waals surface area contributed by atoms with Crippen LogP contribution >= 0.6 is 0 Å². The van der Waals surface area contributed by atoms with E-state index in [0.29, 0.717) is 5.65 Å². The molecule has 0 atom stereocenters. The number of rotatable bonds is 0. The zero-order chi connectivity index (χ0) is 10.4. The molecule has 0 amide bonds. The number of pyridine rings is 1. The van der Waals surface area contributed by atoms with Gasteiger partial charge < -0.3 is 5.73 Å². The molecule has 0 aliphatic heterocycles. The molecule has 2 heterocycles. The van der Waals surface area contributed by atoms with Gasteiger partial charge in [0.15, 0.2) is 5.65 Å². The number of nitrogen functional groups attached to an aromatic ring is 1. The third kappa shape index (κ3) is 1.01. The second-order valence-corrected chi connectivity index (χ2v) is 3.59. The maximum atomic E-state index is 6.10. The number of hydrogen-bond acceptors (Lipinski definition) is 3. The highest BCUT2D eigenvalue weighted by molar-refractivity contribution is 6.06. The van der Waals surface area contributed by atoms with Crippen molar-refractivity contribution in [1.29, 1.82) is 0 Å². The minimum absolute atomic E-state index is 0.684. The number of aromatic nitrogens is 3. The largest absolute Gasteiger partial charge is 0.398 e. The predicted molar refractivity (Wildman–Crippen MR) is 60.5 cm³/mol. The molecule has 3 rings (SSSR count). The van der Waals surface area contributed by atoms with Crippen LogP contribution in [0, 0.1) is 6.92 Å². The van der Waals surface area contributed by atoms with Gasteiger partial charge in [0.25, 0.3) is 0 Å². The minimum atomic E-state index is 0.684. The Hall–Kier alpha value is -2.10. The highest BCUT2D eigenvalue weighted by Gasteiger charge is 2.10. The second-order valence-electron chi connectivity index (χ2n) is 3.59. The van der Waals surface area contributed by atoms with Crippen LogP contribution in [0.1, 0.15) is 5.69 Å². The first-order valence-corrected chi connectivity index (χ1v) is 4.76. The summed E-state index contributed by atoms with van der Waals surface area (Å²) in [5, 5.41) is 8.92. The van der Waals surface area contributed by atoms with Crippen LogP contribution in [0.2, 0.25) is 0 Å². The maximum absolute atomic E-state index is 6.10. The highest BCUT2D eigenvalue weighted by Crippen LogP contribution is 2.28. The van der Waals surface area contributed by atoms with Gasteiger partial charge in [-0.15, -0.1) is 0 Å². The molecule has 0 saturated carbocycles. The molecule has 0 radical (unpaired) electrons. The average molecular weight is 198 g/mol. The van der Waals surface area contributed by atoms with Crippen LogP contribution in [0.4, 0.5) is 5.69 Å². The lowest BCUT2D eigenvalue weighted by Crippen LogP contribution is -1.91. The number of H-pyrrole nitrogens is 1. The van der Waals surface area contributed by atoms with E-state index in [4.69, 9.17) is 5.73 Å². The molecule has 0 fully saturated rings. The number of aromatic amines is 1. The van der Waals surface area contributed by atoms with Crippen molar-refractivity contribution in [1.82, 2.24) is 15.2 Å².